The molecule has 0 N–H and O–H groups in total. The second kappa shape index (κ2) is 4.87. The molecule has 1 aromatic carbocycles. The lowest BCUT2D eigenvalue weighted by molar-refractivity contribution is 0.183. The van der Waals surface area contributed by atoms with Crippen molar-refractivity contribution < 1.29 is 4.74 Å². The van der Waals surface area contributed by atoms with E-state index in [1.165, 1.54) is 5.69 Å². The third-order valence-corrected chi connectivity index (χ3v) is 2.23. The molecular formula is C11H17NO. The van der Waals surface area contributed by atoms with Gasteiger partial charge >= 0.3 is 0 Å². The van der Waals surface area contributed by atoms with Crippen LogP contribution in [0.1, 0.15) is 6.92 Å². The third kappa shape index (κ3) is 2.74. The summed E-state index contributed by atoms with van der Waals surface area (Å²) in [6, 6.07) is 10.7. The van der Waals surface area contributed by atoms with Crippen LogP contribution in [0.15, 0.2) is 30.3 Å². The average Bonchev–Trinajstić information content (AvgIpc) is 2.18. The molecular weight excluding hydrogens is 162 g/mol. The van der Waals surface area contributed by atoms with Crippen molar-refractivity contribution >= 4 is 5.69 Å². The molecule has 0 aliphatic carbocycles. The summed E-state index contributed by atoms with van der Waals surface area (Å²) >= 11 is 0. The SMILES string of the molecule is COCC(C)N(C)c1ccccc1. The van der Waals surface area contributed by atoms with Crippen LogP contribution in [0.5, 0.6) is 0 Å². The van der Waals surface area contributed by atoms with Crippen molar-refractivity contribution in [1.29, 1.82) is 0 Å². The smallest absolute Gasteiger partial charge is 0.0663 e. The van der Waals surface area contributed by atoms with Crippen LogP contribution in [-0.2, 0) is 4.74 Å². The summed E-state index contributed by atoms with van der Waals surface area (Å²) in [5.41, 5.74) is 1.23. The average molecular weight is 179 g/mol. The first-order valence-corrected chi connectivity index (χ1v) is 4.52. The topological polar surface area (TPSA) is 12.5 Å². The van der Waals surface area contributed by atoms with Crippen LogP contribution in [0.25, 0.3) is 0 Å². The molecule has 72 valence electrons. The number of para-hydroxylation sites is 1. The molecule has 1 unspecified atom stereocenters. The van der Waals surface area contributed by atoms with Crippen LogP contribution in [-0.4, -0.2) is 26.8 Å². The quantitative estimate of drug-likeness (QED) is 0.702. The van der Waals surface area contributed by atoms with E-state index in [0.29, 0.717) is 6.04 Å². The monoisotopic (exact) mass is 179 g/mol. The Bertz CT molecular complexity index is 235. The van der Waals surface area contributed by atoms with Gasteiger partial charge in [-0.25, -0.2) is 0 Å². The summed E-state index contributed by atoms with van der Waals surface area (Å²) in [6.07, 6.45) is 0. The minimum Gasteiger partial charge on any atom is -0.383 e. The number of rotatable bonds is 4. The first-order valence-electron chi connectivity index (χ1n) is 4.52. The number of hydrogen-bond donors (Lipinski definition) is 0. The van der Waals surface area contributed by atoms with Crippen molar-refractivity contribution in [3.05, 3.63) is 30.3 Å². The van der Waals surface area contributed by atoms with Gasteiger partial charge in [0.15, 0.2) is 0 Å². The lowest BCUT2D eigenvalue weighted by Crippen LogP contribution is -2.32. The van der Waals surface area contributed by atoms with Crippen LogP contribution in [0.4, 0.5) is 5.69 Å². The van der Waals surface area contributed by atoms with Gasteiger partial charge in [0.1, 0.15) is 0 Å². The zero-order chi connectivity index (χ0) is 9.68. The molecule has 0 heterocycles. The molecule has 0 amide bonds. The van der Waals surface area contributed by atoms with Gasteiger partial charge in [0.2, 0.25) is 0 Å². The fourth-order valence-electron chi connectivity index (χ4n) is 1.27. The lowest BCUT2D eigenvalue weighted by Gasteiger charge is -2.26. The zero-order valence-corrected chi connectivity index (χ0v) is 8.53. The molecule has 0 bridgehead atoms. The molecule has 0 spiro atoms. The zero-order valence-electron chi connectivity index (χ0n) is 8.53. The van der Waals surface area contributed by atoms with E-state index < -0.39 is 0 Å². The van der Waals surface area contributed by atoms with Crippen molar-refractivity contribution in [1.82, 2.24) is 0 Å². The molecule has 0 aliphatic rings. The minimum absolute atomic E-state index is 0.410. The molecule has 0 radical (unpaired) electrons. The number of hydrogen-bond acceptors (Lipinski definition) is 2. The molecule has 0 aliphatic heterocycles. The second-order valence-corrected chi connectivity index (χ2v) is 3.25. The summed E-state index contributed by atoms with van der Waals surface area (Å²) < 4.78 is 5.10. The molecule has 2 heteroatoms. The number of benzene rings is 1. The molecule has 1 aromatic rings. The van der Waals surface area contributed by atoms with E-state index in [4.69, 9.17) is 4.74 Å². The van der Waals surface area contributed by atoms with Crippen LogP contribution >= 0.6 is 0 Å². The lowest BCUT2D eigenvalue weighted by atomic mass is 10.2. The number of methoxy groups -OCH3 is 1. The summed E-state index contributed by atoms with van der Waals surface area (Å²) in [5, 5.41) is 0. The highest BCUT2D eigenvalue weighted by Gasteiger charge is 2.08. The maximum absolute atomic E-state index is 5.10. The molecule has 0 aromatic heterocycles. The summed E-state index contributed by atoms with van der Waals surface area (Å²) in [7, 11) is 3.81. The predicted octanol–water partition coefficient (Wildman–Crippen LogP) is 2.16. The van der Waals surface area contributed by atoms with E-state index >= 15 is 0 Å². The van der Waals surface area contributed by atoms with Gasteiger partial charge in [-0.2, -0.15) is 0 Å². The van der Waals surface area contributed by atoms with E-state index in [1.807, 2.05) is 18.2 Å². The fraction of sp³-hybridized carbons (Fsp3) is 0.455. The normalized spacial score (nSPS) is 12.5. The van der Waals surface area contributed by atoms with Crippen LogP contribution in [0.3, 0.4) is 0 Å². The van der Waals surface area contributed by atoms with E-state index in [9.17, 15) is 0 Å². The molecule has 1 rings (SSSR count). The number of likely N-dealkylation sites (N-methyl/N-ethyl adjacent to an activating group) is 1. The number of ether oxygens (including phenoxy) is 1. The summed E-state index contributed by atoms with van der Waals surface area (Å²) in [6.45, 7) is 2.90. The van der Waals surface area contributed by atoms with Crippen molar-refractivity contribution in [2.75, 3.05) is 25.7 Å². The molecule has 0 saturated heterocycles. The number of nitrogens with zero attached hydrogens (tertiary/aromatic N) is 1. The standard InChI is InChI=1S/C11H17NO/c1-10(9-13-3)12(2)11-7-5-4-6-8-11/h4-8,10H,9H2,1-3H3. The van der Waals surface area contributed by atoms with Gasteiger partial charge in [0.25, 0.3) is 0 Å². The van der Waals surface area contributed by atoms with Gasteiger partial charge in [0.05, 0.1) is 6.61 Å². The van der Waals surface area contributed by atoms with Crippen molar-refractivity contribution in [2.45, 2.75) is 13.0 Å². The Morgan fingerprint density at radius 3 is 2.46 bits per heavy atom. The second-order valence-electron chi connectivity index (χ2n) is 3.25. The van der Waals surface area contributed by atoms with Gasteiger partial charge in [-0.1, -0.05) is 18.2 Å². The van der Waals surface area contributed by atoms with Crippen molar-refractivity contribution in [3.63, 3.8) is 0 Å². The van der Waals surface area contributed by atoms with Gasteiger partial charge in [-0.15, -0.1) is 0 Å². The highest BCUT2D eigenvalue weighted by molar-refractivity contribution is 5.45. The fourth-order valence-corrected chi connectivity index (χ4v) is 1.27. The van der Waals surface area contributed by atoms with Gasteiger partial charge in [0, 0.05) is 25.9 Å². The van der Waals surface area contributed by atoms with Crippen LogP contribution < -0.4 is 4.90 Å². The summed E-state index contributed by atoms with van der Waals surface area (Å²) in [4.78, 5) is 2.21. The maximum atomic E-state index is 5.10. The summed E-state index contributed by atoms with van der Waals surface area (Å²) in [5.74, 6) is 0. The van der Waals surface area contributed by atoms with E-state index in [0.717, 1.165) is 6.61 Å². The molecule has 0 fully saturated rings. The molecule has 2 nitrogen and oxygen atoms in total. The Morgan fingerprint density at radius 2 is 1.92 bits per heavy atom. The Morgan fingerprint density at radius 1 is 1.31 bits per heavy atom. The Labute approximate surface area is 80.1 Å². The maximum Gasteiger partial charge on any atom is 0.0663 e. The predicted molar refractivity (Wildman–Crippen MR) is 56.2 cm³/mol. The largest absolute Gasteiger partial charge is 0.383 e. The van der Waals surface area contributed by atoms with E-state index in [-0.39, 0.29) is 0 Å². The first kappa shape index (κ1) is 10.1. The van der Waals surface area contributed by atoms with Crippen molar-refractivity contribution in [3.8, 4) is 0 Å². The Kier molecular flexibility index (Phi) is 3.77. The van der Waals surface area contributed by atoms with Crippen LogP contribution in [0, 0.1) is 0 Å². The van der Waals surface area contributed by atoms with E-state index in [2.05, 4.69) is 31.0 Å². The highest BCUT2D eigenvalue weighted by Crippen LogP contribution is 2.13. The van der Waals surface area contributed by atoms with E-state index in [1.54, 1.807) is 7.11 Å². The van der Waals surface area contributed by atoms with Gasteiger partial charge in [-0.05, 0) is 19.1 Å². The minimum atomic E-state index is 0.410. The molecule has 13 heavy (non-hydrogen) atoms. The number of anilines is 1. The highest BCUT2D eigenvalue weighted by atomic mass is 16.5. The van der Waals surface area contributed by atoms with Crippen LogP contribution in [0.2, 0.25) is 0 Å². The third-order valence-electron chi connectivity index (χ3n) is 2.23. The van der Waals surface area contributed by atoms with Crippen molar-refractivity contribution in [2.24, 2.45) is 0 Å². The van der Waals surface area contributed by atoms with Gasteiger partial charge in [-0.3, -0.25) is 0 Å². The first-order chi connectivity index (χ1) is 6.25. The molecule has 1 atom stereocenters. The Balaban J connectivity index is 2.62. The van der Waals surface area contributed by atoms with Gasteiger partial charge < -0.3 is 9.64 Å². The molecule has 0 saturated carbocycles. The Hall–Kier alpha value is -1.02.